The van der Waals surface area contributed by atoms with E-state index in [4.69, 9.17) is 11.5 Å². The number of carboxylic acids is 1. The molecule has 4 atom stereocenters. The lowest BCUT2D eigenvalue weighted by Crippen LogP contribution is -2.56. The van der Waals surface area contributed by atoms with Gasteiger partial charge in [-0.2, -0.15) is 0 Å². The predicted molar refractivity (Wildman–Crippen MR) is 108 cm³/mol. The van der Waals surface area contributed by atoms with Crippen LogP contribution in [0.15, 0.2) is 0 Å². The molecular formula is C19H35N5O5. The van der Waals surface area contributed by atoms with Crippen LogP contribution < -0.4 is 22.1 Å². The van der Waals surface area contributed by atoms with Gasteiger partial charge in [-0.05, 0) is 51.5 Å². The Morgan fingerprint density at radius 2 is 1.79 bits per heavy atom. The van der Waals surface area contributed by atoms with E-state index in [1.54, 1.807) is 0 Å². The lowest BCUT2D eigenvalue weighted by atomic mass is 10.0. The van der Waals surface area contributed by atoms with Gasteiger partial charge in [0.15, 0.2) is 0 Å². The van der Waals surface area contributed by atoms with Crippen LogP contribution in [0.1, 0.15) is 52.9 Å². The maximum absolute atomic E-state index is 12.6. The molecule has 166 valence electrons. The minimum absolute atomic E-state index is 0.0521. The fraction of sp³-hybridized carbons (Fsp3) is 0.789. The van der Waals surface area contributed by atoms with Gasteiger partial charge < -0.3 is 32.1 Å². The van der Waals surface area contributed by atoms with E-state index in [0.29, 0.717) is 38.8 Å². The quantitative estimate of drug-likeness (QED) is 0.275. The normalized spacial score (nSPS) is 19.5. The summed E-state index contributed by atoms with van der Waals surface area (Å²) in [6.07, 6.45) is 2.67. The summed E-state index contributed by atoms with van der Waals surface area (Å²) in [6, 6.07) is -3.34. The van der Waals surface area contributed by atoms with E-state index < -0.39 is 42.0 Å². The standard InChI is InChI=1S/C19H35N5O5/c1-11(2)15(21)18(27)24-10-6-8-14(24)17(26)22-12(3)16(25)23-13(19(28)29)7-4-5-9-20/h11-15H,4-10,20-21H2,1-3H3,(H,22,26)(H,23,25)(H,28,29). The Morgan fingerprint density at radius 3 is 2.34 bits per heavy atom. The van der Waals surface area contributed by atoms with Crippen molar-refractivity contribution < 1.29 is 24.3 Å². The van der Waals surface area contributed by atoms with Gasteiger partial charge in [0.05, 0.1) is 6.04 Å². The molecule has 0 aromatic rings. The maximum atomic E-state index is 12.6. The molecule has 0 bridgehead atoms. The van der Waals surface area contributed by atoms with Crippen LogP contribution >= 0.6 is 0 Å². The van der Waals surface area contributed by atoms with Crippen molar-refractivity contribution in [2.24, 2.45) is 17.4 Å². The van der Waals surface area contributed by atoms with Crippen LogP contribution in [0.4, 0.5) is 0 Å². The summed E-state index contributed by atoms with van der Waals surface area (Å²) in [5.74, 6) is -2.49. The Labute approximate surface area is 171 Å². The Morgan fingerprint density at radius 1 is 1.14 bits per heavy atom. The third kappa shape index (κ3) is 7.28. The summed E-state index contributed by atoms with van der Waals surface area (Å²) in [7, 11) is 0. The van der Waals surface area contributed by atoms with Gasteiger partial charge in [0.2, 0.25) is 17.7 Å². The Bertz CT molecular complexity index is 598. The van der Waals surface area contributed by atoms with Crippen molar-refractivity contribution in [3.05, 3.63) is 0 Å². The molecule has 29 heavy (non-hydrogen) atoms. The number of unbranched alkanes of at least 4 members (excludes halogenated alkanes) is 1. The van der Waals surface area contributed by atoms with Crippen LogP contribution in [-0.4, -0.2) is 71.0 Å². The Kier molecular flexibility index (Phi) is 10.0. The number of likely N-dealkylation sites (tertiary alicyclic amines) is 1. The van der Waals surface area contributed by atoms with E-state index >= 15 is 0 Å². The molecule has 10 nitrogen and oxygen atoms in total. The third-order valence-corrected chi connectivity index (χ3v) is 5.16. The molecule has 0 radical (unpaired) electrons. The van der Waals surface area contributed by atoms with Crippen molar-refractivity contribution in [2.75, 3.05) is 13.1 Å². The Balaban J connectivity index is 2.66. The monoisotopic (exact) mass is 413 g/mol. The van der Waals surface area contributed by atoms with Crippen LogP contribution in [0.3, 0.4) is 0 Å². The first kappa shape index (κ1) is 24.8. The molecule has 0 aliphatic carbocycles. The second-order valence-electron chi connectivity index (χ2n) is 7.87. The number of nitrogens with two attached hydrogens (primary N) is 2. The molecule has 0 aromatic carbocycles. The lowest BCUT2D eigenvalue weighted by Gasteiger charge is -2.29. The second-order valence-corrected chi connectivity index (χ2v) is 7.87. The number of carbonyl (C=O) groups is 4. The largest absolute Gasteiger partial charge is 0.480 e. The molecule has 1 aliphatic rings. The minimum atomic E-state index is -1.14. The number of rotatable bonds is 11. The van der Waals surface area contributed by atoms with Crippen molar-refractivity contribution in [2.45, 2.75) is 77.0 Å². The van der Waals surface area contributed by atoms with E-state index in [2.05, 4.69) is 10.6 Å². The van der Waals surface area contributed by atoms with E-state index in [1.807, 2.05) is 13.8 Å². The number of aliphatic carboxylic acids is 1. The van der Waals surface area contributed by atoms with Gasteiger partial charge >= 0.3 is 5.97 Å². The number of amides is 3. The van der Waals surface area contributed by atoms with Crippen LogP contribution in [0.2, 0.25) is 0 Å². The molecule has 4 unspecified atom stereocenters. The smallest absolute Gasteiger partial charge is 0.326 e. The fourth-order valence-corrected chi connectivity index (χ4v) is 3.20. The molecule has 3 amide bonds. The molecule has 1 rings (SSSR count). The number of hydrogen-bond donors (Lipinski definition) is 5. The highest BCUT2D eigenvalue weighted by Crippen LogP contribution is 2.20. The highest BCUT2D eigenvalue weighted by Gasteiger charge is 2.37. The molecular weight excluding hydrogens is 378 g/mol. The molecule has 10 heteroatoms. The highest BCUT2D eigenvalue weighted by molar-refractivity contribution is 5.94. The topological polar surface area (TPSA) is 168 Å². The number of nitrogens with one attached hydrogen (secondary N) is 2. The van der Waals surface area contributed by atoms with E-state index in [9.17, 15) is 24.3 Å². The number of hydrogen-bond acceptors (Lipinski definition) is 6. The van der Waals surface area contributed by atoms with E-state index in [-0.39, 0.29) is 18.2 Å². The van der Waals surface area contributed by atoms with Crippen molar-refractivity contribution in [3.63, 3.8) is 0 Å². The molecule has 1 aliphatic heterocycles. The lowest BCUT2D eigenvalue weighted by molar-refractivity contribution is -0.143. The van der Waals surface area contributed by atoms with Crippen LogP contribution in [0.25, 0.3) is 0 Å². The van der Waals surface area contributed by atoms with E-state index in [0.717, 1.165) is 0 Å². The summed E-state index contributed by atoms with van der Waals surface area (Å²) in [6.45, 7) is 6.05. The van der Waals surface area contributed by atoms with Gasteiger partial charge in [0.1, 0.15) is 18.1 Å². The van der Waals surface area contributed by atoms with Gasteiger partial charge in [0.25, 0.3) is 0 Å². The number of nitrogens with zero attached hydrogens (tertiary/aromatic N) is 1. The minimum Gasteiger partial charge on any atom is -0.480 e. The predicted octanol–water partition coefficient (Wildman–Crippen LogP) is -0.836. The van der Waals surface area contributed by atoms with Crippen molar-refractivity contribution in [3.8, 4) is 0 Å². The van der Waals surface area contributed by atoms with Crippen LogP contribution in [0, 0.1) is 5.92 Å². The second kappa shape index (κ2) is 11.7. The number of carbonyl (C=O) groups excluding carboxylic acids is 3. The Hall–Kier alpha value is -2.20. The summed E-state index contributed by atoms with van der Waals surface area (Å²) in [4.78, 5) is 50.3. The zero-order valence-corrected chi connectivity index (χ0v) is 17.5. The fourth-order valence-electron chi connectivity index (χ4n) is 3.20. The van der Waals surface area contributed by atoms with Crippen molar-refractivity contribution in [1.29, 1.82) is 0 Å². The average molecular weight is 414 g/mol. The van der Waals surface area contributed by atoms with Gasteiger partial charge in [-0.15, -0.1) is 0 Å². The molecule has 7 N–H and O–H groups in total. The summed E-state index contributed by atoms with van der Waals surface area (Å²) < 4.78 is 0. The molecule has 1 saturated heterocycles. The van der Waals surface area contributed by atoms with Crippen LogP contribution in [-0.2, 0) is 19.2 Å². The summed E-state index contributed by atoms with van der Waals surface area (Å²) in [5.41, 5.74) is 11.3. The van der Waals surface area contributed by atoms with Gasteiger partial charge in [-0.25, -0.2) is 4.79 Å². The molecule has 0 saturated carbocycles. The first-order chi connectivity index (χ1) is 13.6. The maximum Gasteiger partial charge on any atom is 0.326 e. The molecule has 1 fully saturated rings. The van der Waals surface area contributed by atoms with Gasteiger partial charge in [0, 0.05) is 6.54 Å². The SMILES string of the molecule is CC(NC(=O)C1CCCN1C(=O)C(N)C(C)C)C(=O)NC(CCCCN)C(=O)O. The van der Waals surface area contributed by atoms with Crippen LogP contribution in [0.5, 0.6) is 0 Å². The average Bonchev–Trinajstić information content (AvgIpc) is 3.15. The highest BCUT2D eigenvalue weighted by atomic mass is 16.4. The first-order valence-electron chi connectivity index (χ1n) is 10.2. The summed E-state index contributed by atoms with van der Waals surface area (Å²) in [5, 5.41) is 14.3. The van der Waals surface area contributed by atoms with Gasteiger partial charge in [-0.3, -0.25) is 14.4 Å². The first-order valence-corrected chi connectivity index (χ1v) is 10.2. The third-order valence-electron chi connectivity index (χ3n) is 5.16. The molecule has 1 heterocycles. The van der Waals surface area contributed by atoms with E-state index in [1.165, 1.54) is 11.8 Å². The molecule has 0 spiro atoms. The zero-order valence-electron chi connectivity index (χ0n) is 17.5. The van der Waals surface area contributed by atoms with Gasteiger partial charge in [-0.1, -0.05) is 13.8 Å². The molecule has 0 aromatic heterocycles. The van der Waals surface area contributed by atoms with Crippen molar-refractivity contribution >= 4 is 23.7 Å². The summed E-state index contributed by atoms with van der Waals surface area (Å²) >= 11 is 0. The van der Waals surface area contributed by atoms with Crippen molar-refractivity contribution in [1.82, 2.24) is 15.5 Å². The zero-order chi connectivity index (χ0) is 22.1. The number of carboxylic acid groups (broad SMARTS) is 1.